The normalized spacial score (nSPS) is 10.6. The zero-order valence-corrected chi connectivity index (χ0v) is 9.92. The molecule has 0 bridgehead atoms. The predicted octanol–water partition coefficient (Wildman–Crippen LogP) is 1.82. The first-order valence-corrected chi connectivity index (χ1v) is 6.29. The van der Waals surface area contributed by atoms with E-state index < -0.39 is 0 Å². The molecule has 5 heteroatoms. The van der Waals surface area contributed by atoms with Crippen LogP contribution in [0.1, 0.15) is 11.4 Å². The Morgan fingerprint density at radius 3 is 2.69 bits per heavy atom. The van der Waals surface area contributed by atoms with Crippen molar-refractivity contribution in [2.24, 2.45) is 0 Å². The van der Waals surface area contributed by atoms with Crippen LogP contribution in [-0.4, -0.2) is 21.4 Å². The Balaban J connectivity index is 1.81. The summed E-state index contributed by atoms with van der Waals surface area (Å²) in [5.74, 6) is 0.862. The molecular formula is C11H14N4S. The van der Waals surface area contributed by atoms with E-state index in [1.165, 1.54) is 16.8 Å². The maximum atomic E-state index is 4.04. The van der Waals surface area contributed by atoms with Crippen molar-refractivity contribution in [1.82, 2.24) is 20.5 Å². The Morgan fingerprint density at radius 2 is 2.06 bits per heavy atom. The Labute approximate surface area is 98.9 Å². The fourth-order valence-electron chi connectivity index (χ4n) is 1.38. The summed E-state index contributed by atoms with van der Waals surface area (Å²) in [5, 5.41) is 9.91. The van der Waals surface area contributed by atoms with Crippen molar-refractivity contribution in [3.05, 3.63) is 42.0 Å². The van der Waals surface area contributed by atoms with Crippen LogP contribution in [0.25, 0.3) is 0 Å². The Kier molecular flexibility index (Phi) is 3.96. The van der Waals surface area contributed by atoms with Crippen LogP contribution < -0.4 is 5.32 Å². The summed E-state index contributed by atoms with van der Waals surface area (Å²) in [6.07, 6.45) is 3.60. The van der Waals surface area contributed by atoms with Gasteiger partial charge >= 0.3 is 0 Å². The summed E-state index contributed by atoms with van der Waals surface area (Å²) >= 11 is 1.76. The van der Waals surface area contributed by atoms with Gasteiger partial charge in [0.1, 0.15) is 12.2 Å². The SMILES string of the molecule is CSc1ccc(CNCc2ncn[nH]2)cc1. The standard InChI is InChI=1S/C11H14N4S/c1-16-10-4-2-9(3-5-10)6-12-7-11-13-8-14-15-11/h2-5,8,12H,6-7H2,1H3,(H,13,14,15). The minimum atomic E-state index is 0.713. The maximum absolute atomic E-state index is 4.04. The largest absolute Gasteiger partial charge is 0.306 e. The first-order valence-electron chi connectivity index (χ1n) is 5.06. The number of hydrogen-bond donors (Lipinski definition) is 2. The molecule has 0 radical (unpaired) electrons. The summed E-state index contributed by atoms with van der Waals surface area (Å²) in [7, 11) is 0. The van der Waals surface area contributed by atoms with Crippen LogP contribution in [-0.2, 0) is 13.1 Å². The molecule has 0 aliphatic rings. The second-order valence-electron chi connectivity index (χ2n) is 3.38. The van der Waals surface area contributed by atoms with Gasteiger partial charge in [0.25, 0.3) is 0 Å². The number of rotatable bonds is 5. The molecule has 84 valence electrons. The first kappa shape index (κ1) is 11.2. The number of aromatic nitrogens is 3. The highest BCUT2D eigenvalue weighted by Crippen LogP contribution is 2.14. The van der Waals surface area contributed by atoms with Crippen LogP contribution in [0, 0.1) is 0 Å². The van der Waals surface area contributed by atoms with Crippen molar-refractivity contribution in [3.8, 4) is 0 Å². The molecule has 0 fully saturated rings. The van der Waals surface area contributed by atoms with E-state index in [4.69, 9.17) is 0 Å². The summed E-state index contributed by atoms with van der Waals surface area (Å²) in [6.45, 7) is 1.56. The van der Waals surface area contributed by atoms with Gasteiger partial charge in [-0.1, -0.05) is 12.1 Å². The van der Waals surface area contributed by atoms with Gasteiger partial charge in [0.05, 0.1) is 6.54 Å². The van der Waals surface area contributed by atoms with E-state index >= 15 is 0 Å². The molecule has 0 spiro atoms. The van der Waals surface area contributed by atoms with Crippen LogP contribution in [0.15, 0.2) is 35.5 Å². The molecule has 0 atom stereocenters. The van der Waals surface area contributed by atoms with Crippen LogP contribution in [0.5, 0.6) is 0 Å². The molecule has 0 unspecified atom stereocenters. The van der Waals surface area contributed by atoms with Gasteiger partial charge in [-0.25, -0.2) is 4.98 Å². The zero-order valence-electron chi connectivity index (χ0n) is 9.10. The lowest BCUT2D eigenvalue weighted by atomic mass is 10.2. The number of nitrogens with one attached hydrogen (secondary N) is 2. The van der Waals surface area contributed by atoms with Crippen molar-refractivity contribution in [1.29, 1.82) is 0 Å². The molecule has 1 aromatic heterocycles. The van der Waals surface area contributed by atoms with Crippen molar-refractivity contribution in [2.45, 2.75) is 18.0 Å². The maximum Gasteiger partial charge on any atom is 0.138 e. The molecule has 0 saturated carbocycles. The first-order chi connectivity index (χ1) is 7.88. The van der Waals surface area contributed by atoms with Gasteiger partial charge in [0.2, 0.25) is 0 Å². The van der Waals surface area contributed by atoms with Gasteiger partial charge in [-0.3, -0.25) is 5.10 Å². The average molecular weight is 234 g/mol. The van der Waals surface area contributed by atoms with E-state index in [1.54, 1.807) is 11.8 Å². The second kappa shape index (κ2) is 5.67. The lowest BCUT2D eigenvalue weighted by Crippen LogP contribution is -2.13. The quantitative estimate of drug-likeness (QED) is 0.775. The van der Waals surface area contributed by atoms with E-state index in [0.717, 1.165) is 12.4 Å². The molecule has 2 N–H and O–H groups in total. The number of benzene rings is 1. The third kappa shape index (κ3) is 3.08. The third-order valence-electron chi connectivity index (χ3n) is 2.25. The molecule has 0 aliphatic carbocycles. The van der Waals surface area contributed by atoms with Gasteiger partial charge in [-0.05, 0) is 24.0 Å². The summed E-state index contributed by atoms with van der Waals surface area (Å²) in [6, 6.07) is 8.55. The topological polar surface area (TPSA) is 53.6 Å². The fraction of sp³-hybridized carbons (Fsp3) is 0.273. The van der Waals surface area contributed by atoms with Crippen LogP contribution >= 0.6 is 11.8 Å². The smallest absolute Gasteiger partial charge is 0.138 e. The molecule has 1 heterocycles. The van der Waals surface area contributed by atoms with E-state index in [1.807, 2.05) is 0 Å². The molecular weight excluding hydrogens is 220 g/mol. The number of H-pyrrole nitrogens is 1. The highest BCUT2D eigenvalue weighted by atomic mass is 32.2. The van der Waals surface area contributed by atoms with Gasteiger partial charge < -0.3 is 5.32 Å². The average Bonchev–Trinajstić information content (AvgIpc) is 2.83. The van der Waals surface area contributed by atoms with Crippen molar-refractivity contribution in [2.75, 3.05) is 6.26 Å². The summed E-state index contributed by atoms with van der Waals surface area (Å²) in [4.78, 5) is 5.33. The van der Waals surface area contributed by atoms with E-state index in [2.05, 4.69) is 51.0 Å². The van der Waals surface area contributed by atoms with Crippen molar-refractivity contribution >= 4 is 11.8 Å². The van der Waals surface area contributed by atoms with Crippen molar-refractivity contribution in [3.63, 3.8) is 0 Å². The number of nitrogens with zero attached hydrogens (tertiary/aromatic N) is 2. The summed E-state index contributed by atoms with van der Waals surface area (Å²) in [5.41, 5.74) is 1.28. The third-order valence-corrected chi connectivity index (χ3v) is 2.99. The minimum absolute atomic E-state index is 0.713. The molecule has 2 rings (SSSR count). The predicted molar refractivity (Wildman–Crippen MR) is 65.1 cm³/mol. The lowest BCUT2D eigenvalue weighted by molar-refractivity contribution is 0.664. The van der Waals surface area contributed by atoms with Crippen LogP contribution in [0.2, 0.25) is 0 Å². The highest BCUT2D eigenvalue weighted by Gasteiger charge is 1.96. The number of thioether (sulfide) groups is 1. The zero-order chi connectivity index (χ0) is 11.2. The Bertz CT molecular complexity index is 410. The van der Waals surface area contributed by atoms with Gasteiger partial charge in [0, 0.05) is 11.4 Å². The Morgan fingerprint density at radius 1 is 1.25 bits per heavy atom. The van der Waals surface area contributed by atoms with Gasteiger partial charge in [-0.15, -0.1) is 11.8 Å². The molecule has 0 amide bonds. The monoisotopic (exact) mass is 234 g/mol. The lowest BCUT2D eigenvalue weighted by Gasteiger charge is -2.03. The minimum Gasteiger partial charge on any atom is -0.306 e. The Hall–Kier alpha value is -1.33. The van der Waals surface area contributed by atoms with Crippen LogP contribution in [0.4, 0.5) is 0 Å². The van der Waals surface area contributed by atoms with Crippen LogP contribution in [0.3, 0.4) is 0 Å². The molecule has 16 heavy (non-hydrogen) atoms. The van der Waals surface area contributed by atoms with E-state index in [0.29, 0.717) is 6.54 Å². The van der Waals surface area contributed by atoms with E-state index in [-0.39, 0.29) is 0 Å². The van der Waals surface area contributed by atoms with Gasteiger partial charge in [0.15, 0.2) is 0 Å². The van der Waals surface area contributed by atoms with Crippen molar-refractivity contribution < 1.29 is 0 Å². The fourth-order valence-corrected chi connectivity index (χ4v) is 1.79. The molecule has 4 nitrogen and oxygen atoms in total. The van der Waals surface area contributed by atoms with E-state index in [9.17, 15) is 0 Å². The molecule has 1 aromatic carbocycles. The molecule has 0 aliphatic heterocycles. The van der Waals surface area contributed by atoms with Gasteiger partial charge in [-0.2, -0.15) is 5.10 Å². The number of hydrogen-bond acceptors (Lipinski definition) is 4. The number of aromatic amines is 1. The molecule has 0 saturated heterocycles. The molecule has 2 aromatic rings. The summed E-state index contributed by atoms with van der Waals surface area (Å²) < 4.78 is 0. The second-order valence-corrected chi connectivity index (χ2v) is 4.26. The highest BCUT2D eigenvalue weighted by molar-refractivity contribution is 7.98.